The fraction of sp³-hybridized carbons (Fsp3) is 0.333. The van der Waals surface area contributed by atoms with Gasteiger partial charge in [0.25, 0.3) is 5.91 Å². The van der Waals surface area contributed by atoms with Crippen LogP contribution in [0.25, 0.3) is 10.8 Å². The summed E-state index contributed by atoms with van der Waals surface area (Å²) in [5.74, 6) is 0.172. The van der Waals surface area contributed by atoms with Crippen molar-refractivity contribution < 1.29 is 9.59 Å². The molecule has 1 aliphatic heterocycles. The first-order valence-corrected chi connectivity index (χ1v) is 7.69. The first-order valence-electron chi connectivity index (χ1n) is 7.69. The van der Waals surface area contributed by atoms with Crippen molar-refractivity contribution in [3.63, 3.8) is 0 Å². The molecule has 1 fully saturated rings. The van der Waals surface area contributed by atoms with Crippen LogP contribution >= 0.6 is 0 Å². The molecule has 0 aliphatic carbocycles. The Bertz CT molecular complexity index is 698. The second-order valence-electron chi connectivity index (χ2n) is 5.71. The van der Waals surface area contributed by atoms with Crippen molar-refractivity contribution in [2.24, 2.45) is 5.92 Å². The zero-order valence-electron chi connectivity index (χ0n) is 12.7. The topological polar surface area (TPSA) is 49.4 Å². The average Bonchev–Trinajstić information content (AvgIpc) is 2.60. The summed E-state index contributed by atoms with van der Waals surface area (Å²) in [6.45, 7) is 1.28. The van der Waals surface area contributed by atoms with Crippen LogP contribution in [0.3, 0.4) is 0 Å². The third-order valence-electron chi connectivity index (χ3n) is 4.42. The summed E-state index contributed by atoms with van der Waals surface area (Å²) in [6, 6.07) is 13.8. The predicted molar refractivity (Wildman–Crippen MR) is 86.6 cm³/mol. The molecule has 0 spiro atoms. The molecule has 1 N–H and O–H groups in total. The molecule has 2 aromatic carbocycles. The highest BCUT2D eigenvalue weighted by molar-refractivity contribution is 6.07. The number of rotatable bonds is 2. The molecule has 4 heteroatoms. The lowest BCUT2D eigenvalue weighted by Crippen LogP contribution is -2.42. The van der Waals surface area contributed by atoms with E-state index in [0.29, 0.717) is 13.1 Å². The molecule has 0 saturated carbocycles. The summed E-state index contributed by atoms with van der Waals surface area (Å²) in [4.78, 5) is 26.3. The molecular formula is C18H20N2O2. The summed E-state index contributed by atoms with van der Waals surface area (Å²) < 4.78 is 0. The van der Waals surface area contributed by atoms with E-state index in [0.717, 1.165) is 29.2 Å². The maximum atomic E-state index is 12.8. The second kappa shape index (κ2) is 6.18. The predicted octanol–water partition coefficient (Wildman–Crippen LogP) is 2.44. The van der Waals surface area contributed by atoms with Crippen molar-refractivity contribution in [3.05, 3.63) is 48.0 Å². The van der Waals surface area contributed by atoms with Gasteiger partial charge in [-0.2, -0.15) is 0 Å². The number of fused-ring (bicyclic) bond motifs is 1. The van der Waals surface area contributed by atoms with Crippen LogP contribution in [0.1, 0.15) is 23.2 Å². The Morgan fingerprint density at radius 1 is 1.05 bits per heavy atom. The van der Waals surface area contributed by atoms with Crippen molar-refractivity contribution in [1.29, 1.82) is 0 Å². The fourth-order valence-corrected chi connectivity index (χ4v) is 3.13. The van der Waals surface area contributed by atoms with Crippen LogP contribution in [0.5, 0.6) is 0 Å². The van der Waals surface area contributed by atoms with E-state index in [4.69, 9.17) is 0 Å². The lowest BCUT2D eigenvalue weighted by Gasteiger charge is -2.31. The minimum absolute atomic E-state index is 0.0292. The molecule has 0 aromatic heterocycles. The SMILES string of the molecule is CNC(=O)C1CCN(C(=O)c2cccc3ccccc23)CC1. The van der Waals surface area contributed by atoms with E-state index >= 15 is 0 Å². The Morgan fingerprint density at radius 3 is 2.45 bits per heavy atom. The number of piperidine rings is 1. The van der Waals surface area contributed by atoms with Crippen LogP contribution < -0.4 is 5.32 Å². The molecule has 0 unspecified atom stereocenters. The van der Waals surface area contributed by atoms with E-state index < -0.39 is 0 Å². The number of hydrogen-bond acceptors (Lipinski definition) is 2. The van der Waals surface area contributed by atoms with Gasteiger partial charge in [0.1, 0.15) is 0 Å². The Labute approximate surface area is 130 Å². The molecule has 0 bridgehead atoms. The lowest BCUT2D eigenvalue weighted by molar-refractivity contribution is -0.125. The second-order valence-corrected chi connectivity index (χ2v) is 5.71. The first kappa shape index (κ1) is 14.6. The minimum atomic E-state index is 0.0292. The van der Waals surface area contributed by atoms with E-state index in [1.165, 1.54) is 0 Å². The zero-order chi connectivity index (χ0) is 15.5. The fourth-order valence-electron chi connectivity index (χ4n) is 3.13. The molecule has 3 rings (SSSR count). The number of nitrogens with one attached hydrogen (secondary N) is 1. The molecule has 22 heavy (non-hydrogen) atoms. The Hall–Kier alpha value is -2.36. The highest BCUT2D eigenvalue weighted by Crippen LogP contribution is 2.23. The van der Waals surface area contributed by atoms with Gasteiger partial charge in [-0.05, 0) is 29.7 Å². The van der Waals surface area contributed by atoms with Gasteiger partial charge in [0, 0.05) is 31.6 Å². The van der Waals surface area contributed by atoms with Crippen molar-refractivity contribution in [3.8, 4) is 0 Å². The molecule has 1 aliphatic rings. The van der Waals surface area contributed by atoms with E-state index in [-0.39, 0.29) is 17.7 Å². The number of benzene rings is 2. The number of likely N-dealkylation sites (tertiary alicyclic amines) is 1. The van der Waals surface area contributed by atoms with Crippen LogP contribution in [0, 0.1) is 5.92 Å². The first-order chi connectivity index (χ1) is 10.7. The summed E-state index contributed by atoms with van der Waals surface area (Å²) in [5, 5.41) is 4.76. The van der Waals surface area contributed by atoms with Gasteiger partial charge in [-0.3, -0.25) is 9.59 Å². The smallest absolute Gasteiger partial charge is 0.254 e. The standard InChI is InChI=1S/C18H20N2O2/c1-19-17(21)14-9-11-20(12-10-14)18(22)16-8-4-6-13-5-2-3-7-15(13)16/h2-8,14H,9-12H2,1H3,(H,19,21). The average molecular weight is 296 g/mol. The zero-order valence-corrected chi connectivity index (χ0v) is 12.7. The van der Waals surface area contributed by atoms with Crippen LogP contribution in [-0.2, 0) is 4.79 Å². The van der Waals surface area contributed by atoms with Gasteiger partial charge < -0.3 is 10.2 Å². The molecule has 0 radical (unpaired) electrons. The quantitative estimate of drug-likeness (QED) is 0.925. The van der Waals surface area contributed by atoms with Crippen LogP contribution in [-0.4, -0.2) is 36.9 Å². The largest absolute Gasteiger partial charge is 0.359 e. The Morgan fingerprint density at radius 2 is 1.73 bits per heavy atom. The molecule has 0 atom stereocenters. The molecule has 1 saturated heterocycles. The molecular weight excluding hydrogens is 276 g/mol. The summed E-state index contributed by atoms with van der Waals surface area (Å²) in [7, 11) is 1.66. The number of carbonyl (C=O) groups is 2. The van der Waals surface area contributed by atoms with Gasteiger partial charge in [0.05, 0.1) is 0 Å². The Kier molecular flexibility index (Phi) is 4.09. The van der Waals surface area contributed by atoms with Gasteiger partial charge in [0.15, 0.2) is 0 Å². The molecule has 114 valence electrons. The van der Waals surface area contributed by atoms with Crippen molar-refractivity contribution in [2.75, 3.05) is 20.1 Å². The monoisotopic (exact) mass is 296 g/mol. The van der Waals surface area contributed by atoms with E-state index in [1.807, 2.05) is 47.4 Å². The normalized spacial score (nSPS) is 15.8. The van der Waals surface area contributed by atoms with Gasteiger partial charge in [-0.1, -0.05) is 36.4 Å². The summed E-state index contributed by atoms with van der Waals surface area (Å²) in [5.41, 5.74) is 0.747. The number of nitrogens with zero attached hydrogens (tertiary/aromatic N) is 1. The third-order valence-corrected chi connectivity index (χ3v) is 4.42. The van der Waals surface area contributed by atoms with Crippen molar-refractivity contribution in [2.45, 2.75) is 12.8 Å². The number of hydrogen-bond donors (Lipinski definition) is 1. The van der Waals surface area contributed by atoms with Gasteiger partial charge in [0.2, 0.25) is 5.91 Å². The van der Waals surface area contributed by atoms with Crippen molar-refractivity contribution >= 4 is 22.6 Å². The molecule has 1 heterocycles. The van der Waals surface area contributed by atoms with Crippen molar-refractivity contribution in [1.82, 2.24) is 10.2 Å². The highest BCUT2D eigenvalue weighted by atomic mass is 16.2. The van der Waals surface area contributed by atoms with E-state index in [1.54, 1.807) is 7.05 Å². The van der Waals surface area contributed by atoms with E-state index in [2.05, 4.69) is 5.32 Å². The highest BCUT2D eigenvalue weighted by Gasteiger charge is 2.27. The number of amides is 2. The van der Waals surface area contributed by atoms with Gasteiger partial charge >= 0.3 is 0 Å². The van der Waals surface area contributed by atoms with Crippen LogP contribution in [0.4, 0.5) is 0 Å². The summed E-state index contributed by atoms with van der Waals surface area (Å²) >= 11 is 0. The maximum absolute atomic E-state index is 12.8. The molecule has 2 amide bonds. The van der Waals surface area contributed by atoms with Crippen LogP contribution in [0.2, 0.25) is 0 Å². The van der Waals surface area contributed by atoms with Gasteiger partial charge in [-0.25, -0.2) is 0 Å². The van der Waals surface area contributed by atoms with Crippen LogP contribution in [0.15, 0.2) is 42.5 Å². The molecule has 2 aromatic rings. The van der Waals surface area contributed by atoms with Gasteiger partial charge in [-0.15, -0.1) is 0 Å². The Balaban J connectivity index is 1.78. The summed E-state index contributed by atoms with van der Waals surface area (Å²) in [6.07, 6.45) is 1.46. The third kappa shape index (κ3) is 2.69. The lowest BCUT2D eigenvalue weighted by atomic mass is 9.95. The van der Waals surface area contributed by atoms with E-state index in [9.17, 15) is 9.59 Å². The molecule has 4 nitrogen and oxygen atoms in total. The minimum Gasteiger partial charge on any atom is -0.359 e. The number of carbonyl (C=O) groups excluding carboxylic acids is 2. The maximum Gasteiger partial charge on any atom is 0.254 e.